The van der Waals surface area contributed by atoms with Gasteiger partial charge >= 0.3 is 5.97 Å². The van der Waals surface area contributed by atoms with Gasteiger partial charge in [0.05, 0.1) is 16.6 Å². The highest BCUT2D eigenvalue weighted by molar-refractivity contribution is 7.86. The van der Waals surface area contributed by atoms with Crippen LogP contribution in [0.3, 0.4) is 0 Å². The van der Waals surface area contributed by atoms with E-state index in [1.165, 1.54) is 12.1 Å². The fourth-order valence-electron chi connectivity index (χ4n) is 2.97. The lowest BCUT2D eigenvalue weighted by Gasteiger charge is -2.37. The number of aliphatic hydroxyl groups is 1. The summed E-state index contributed by atoms with van der Waals surface area (Å²) >= 11 is 0. The average Bonchev–Trinajstić information content (AvgIpc) is 2.65. The highest BCUT2D eigenvalue weighted by Crippen LogP contribution is 2.28. The highest BCUT2D eigenvalue weighted by Gasteiger charge is 2.42. The van der Waals surface area contributed by atoms with Gasteiger partial charge in [-0.25, -0.2) is 4.79 Å². The quantitative estimate of drug-likeness (QED) is 0.601. The third-order valence-electron chi connectivity index (χ3n) is 4.45. The van der Waals surface area contributed by atoms with Crippen LogP contribution < -0.4 is 0 Å². The predicted octanol–water partition coefficient (Wildman–Crippen LogP) is 2.42. The Morgan fingerprint density at radius 3 is 2.39 bits per heavy atom. The molecular weight excluding hydrogens is 384 g/mol. The maximum atomic E-state index is 12.6. The minimum Gasteiger partial charge on any atom is -0.453 e. The molecule has 150 valence electrons. The monoisotopic (exact) mass is 406 g/mol. The molecule has 1 saturated heterocycles. The summed E-state index contributed by atoms with van der Waals surface area (Å²) in [4.78, 5) is 12.4. The molecule has 3 rings (SSSR count). The number of carbonyl (C=O) groups excluding carboxylic acids is 1. The molecule has 1 N–H and O–H groups in total. The standard InChI is InChI=1S/C20H22O7S/c1-13-8-10-16(11-9-13)28(23,24)27-17-12-18(21)25-14(2)19(17)26-20(22)15-6-4-3-5-7-15/h3-11,14,17-19,21H,12H2,1-2H3/t14-,17-,18+,19-/m1/s1. The average molecular weight is 406 g/mol. The molecule has 0 aromatic heterocycles. The minimum absolute atomic E-state index is 0.0140. The van der Waals surface area contributed by atoms with E-state index in [1.807, 2.05) is 6.92 Å². The molecule has 0 spiro atoms. The van der Waals surface area contributed by atoms with Crippen LogP contribution in [0.2, 0.25) is 0 Å². The van der Waals surface area contributed by atoms with E-state index in [2.05, 4.69) is 0 Å². The van der Waals surface area contributed by atoms with Crippen molar-refractivity contribution in [1.82, 2.24) is 0 Å². The number of aliphatic hydroxyl groups excluding tert-OH is 1. The SMILES string of the molecule is Cc1ccc(S(=O)(=O)O[C@@H]2C[C@@H](O)O[C@H](C)[C@H]2OC(=O)c2ccccc2)cc1. The van der Waals surface area contributed by atoms with Gasteiger partial charge in [0.15, 0.2) is 12.4 Å². The Hall–Kier alpha value is -2.26. The van der Waals surface area contributed by atoms with Gasteiger partial charge < -0.3 is 14.6 Å². The molecule has 0 radical (unpaired) electrons. The van der Waals surface area contributed by atoms with Crippen molar-refractivity contribution in [1.29, 1.82) is 0 Å². The third-order valence-corrected chi connectivity index (χ3v) is 5.80. The second kappa shape index (κ2) is 8.40. The van der Waals surface area contributed by atoms with Crippen molar-refractivity contribution in [3.05, 3.63) is 65.7 Å². The summed E-state index contributed by atoms with van der Waals surface area (Å²) in [5, 5.41) is 9.89. The van der Waals surface area contributed by atoms with Crippen molar-refractivity contribution < 1.29 is 32.0 Å². The van der Waals surface area contributed by atoms with Crippen LogP contribution in [0.5, 0.6) is 0 Å². The van der Waals surface area contributed by atoms with E-state index < -0.39 is 40.7 Å². The van der Waals surface area contributed by atoms with Crippen LogP contribution in [0.25, 0.3) is 0 Å². The zero-order chi connectivity index (χ0) is 20.3. The minimum atomic E-state index is -4.11. The number of ether oxygens (including phenoxy) is 2. The van der Waals surface area contributed by atoms with Crippen molar-refractivity contribution in [2.75, 3.05) is 0 Å². The van der Waals surface area contributed by atoms with E-state index >= 15 is 0 Å². The first kappa shape index (κ1) is 20.5. The Labute approximate surface area is 164 Å². The van der Waals surface area contributed by atoms with Gasteiger partial charge in [0.25, 0.3) is 10.1 Å². The number of benzene rings is 2. The Balaban J connectivity index is 1.81. The predicted molar refractivity (Wildman–Crippen MR) is 100 cm³/mol. The lowest BCUT2D eigenvalue weighted by atomic mass is 10.0. The van der Waals surface area contributed by atoms with Crippen LogP contribution in [-0.2, 0) is 23.8 Å². The maximum absolute atomic E-state index is 12.6. The first-order valence-electron chi connectivity index (χ1n) is 8.86. The van der Waals surface area contributed by atoms with Crippen LogP contribution in [0.15, 0.2) is 59.5 Å². The molecule has 4 atom stereocenters. The van der Waals surface area contributed by atoms with Crippen LogP contribution in [0, 0.1) is 6.92 Å². The second-order valence-corrected chi connectivity index (χ2v) is 8.24. The summed E-state index contributed by atoms with van der Waals surface area (Å²) in [6.45, 7) is 3.42. The topological polar surface area (TPSA) is 99.1 Å². The van der Waals surface area contributed by atoms with Crippen molar-refractivity contribution in [3.63, 3.8) is 0 Å². The van der Waals surface area contributed by atoms with Gasteiger partial charge in [-0.05, 0) is 38.1 Å². The summed E-state index contributed by atoms with van der Waals surface area (Å²) in [5.41, 5.74) is 1.23. The molecule has 1 fully saturated rings. The van der Waals surface area contributed by atoms with E-state index in [-0.39, 0.29) is 11.3 Å². The van der Waals surface area contributed by atoms with E-state index in [0.717, 1.165) is 5.56 Å². The van der Waals surface area contributed by atoms with E-state index in [0.29, 0.717) is 5.56 Å². The maximum Gasteiger partial charge on any atom is 0.338 e. The zero-order valence-electron chi connectivity index (χ0n) is 15.5. The van der Waals surface area contributed by atoms with Gasteiger partial charge in [0, 0.05) is 6.42 Å². The van der Waals surface area contributed by atoms with Crippen LogP contribution in [0.4, 0.5) is 0 Å². The van der Waals surface area contributed by atoms with Gasteiger partial charge in [0.2, 0.25) is 0 Å². The van der Waals surface area contributed by atoms with E-state index in [1.54, 1.807) is 49.4 Å². The second-order valence-electron chi connectivity index (χ2n) is 6.67. The van der Waals surface area contributed by atoms with Crippen molar-refractivity contribution in [3.8, 4) is 0 Å². The Kier molecular flexibility index (Phi) is 6.14. The normalized spacial score (nSPS) is 25.2. The summed E-state index contributed by atoms with van der Waals surface area (Å²) in [6.07, 6.45) is -4.22. The summed E-state index contributed by atoms with van der Waals surface area (Å²) in [5.74, 6) is -0.626. The molecule has 0 amide bonds. The fourth-order valence-corrected chi connectivity index (χ4v) is 4.06. The number of hydrogen-bond donors (Lipinski definition) is 1. The summed E-state index contributed by atoms with van der Waals surface area (Å²) in [7, 11) is -4.11. The van der Waals surface area contributed by atoms with Crippen molar-refractivity contribution in [2.24, 2.45) is 0 Å². The molecule has 1 heterocycles. The van der Waals surface area contributed by atoms with E-state index in [4.69, 9.17) is 13.7 Å². The molecule has 1 aliphatic rings. The van der Waals surface area contributed by atoms with Crippen molar-refractivity contribution in [2.45, 2.75) is 49.8 Å². The number of hydrogen-bond acceptors (Lipinski definition) is 7. The largest absolute Gasteiger partial charge is 0.453 e. The van der Waals surface area contributed by atoms with Gasteiger partial charge in [0.1, 0.15) is 6.10 Å². The Bertz CT molecular complexity index is 909. The van der Waals surface area contributed by atoms with Gasteiger partial charge in [-0.2, -0.15) is 8.42 Å². The number of rotatable bonds is 5. The highest BCUT2D eigenvalue weighted by atomic mass is 32.2. The molecule has 0 unspecified atom stereocenters. The zero-order valence-corrected chi connectivity index (χ0v) is 16.3. The van der Waals surface area contributed by atoms with Crippen LogP contribution >= 0.6 is 0 Å². The first-order valence-corrected chi connectivity index (χ1v) is 10.3. The van der Waals surface area contributed by atoms with Gasteiger partial charge in [-0.15, -0.1) is 0 Å². The number of esters is 1. The lowest BCUT2D eigenvalue weighted by molar-refractivity contribution is -0.221. The van der Waals surface area contributed by atoms with Gasteiger partial charge in [-0.3, -0.25) is 4.18 Å². The first-order chi connectivity index (χ1) is 13.3. The molecule has 1 aliphatic heterocycles. The number of aryl methyl sites for hydroxylation is 1. The molecule has 0 bridgehead atoms. The molecule has 8 heteroatoms. The molecule has 0 saturated carbocycles. The molecular formula is C20H22O7S. The molecule has 2 aromatic rings. The molecule has 28 heavy (non-hydrogen) atoms. The summed E-state index contributed by atoms with van der Waals surface area (Å²) in [6, 6.07) is 14.5. The third kappa shape index (κ3) is 4.77. The Morgan fingerprint density at radius 2 is 1.75 bits per heavy atom. The summed E-state index contributed by atoms with van der Waals surface area (Å²) < 4.78 is 41.4. The van der Waals surface area contributed by atoms with E-state index in [9.17, 15) is 18.3 Å². The van der Waals surface area contributed by atoms with Crippen LogP contribution in [0.1, 0.15) is 29.3 Å². The smallest absolute Gasteiger partial charge is 0.338 e. The molecule has 7 nitrogen and oxygen atoms in total. The lowest BCUT2D eigenvalue weighted by Crippen LogP contribution is -2.50. The van der Waals surface area contributed by atoms with Gasteiger partial charge in [-0.1, -0.05) is 35.9 Å². The van der Waals surface area contributed by atoms with Crippen LogP contribution in [-0.4, -0.2) is 44.1 Å². The molecule has 2 aromatic carbocycles. The number of carbonyl (C=O) groups is 1. The van der Waals surface area contributed by atoms with Crippen molar-refractivity contribution >= 4 is 16.1 Å². The molecule has 0 aliphatic carbocycles. The fraction of sp³-hybridized carbons (Fsp3) is 0.350. The Morgan fingerprint density at radius 1 is 1.11 bits per heavy atom.